The molecule has 1 aliphatic heterocycles. The third kappa shape index (κ3) is 9.96. The summed E-state index contributed by atoms with van der Waals surface area (Å²) in [6.45, 7) is 2.88. The zero-order chi connectivity index (χ0) is 33.4. The number of aromatic carboxylic acids is 1. The lowest BCUT2D eigenvalue weighted by Gasteiger charge is -2.28. The number of likely N-dealkylation sites (tertiary alicyclic amines) is 1. The van der Waals surface area contributed by atoms with Gasteiger partial charge in [0.1, 0.15) is 29.8 Å². The van der Waals surface area contributed by atoms with E-state index in [2.05, 4.69) is 26.6 Å². The number of alkyl halides is 2. The first-order valence-electron chi connectivity index (χ1n) is 14.1. The maximum absolute atomic E-state index is 14.2. The zero-order valence-electron chi connectivity index (χ0n) is 24.4. The number of ether oxygens (including phenoxy) is 1. The molecule has 0 radical (unpaired) electrons. The fourth-order valence-corrected chi connectivity index (χ4v) is 5.00. The quantitative estimate of drug-likeness (QED) is 0.221. The van der Waals surface area contributed by atoms with Crippen LogP contribution < -0.4 is 10.6 Å². The average Bonchev–Trinajstić information content (AvgIpc) is 3.41. The van der Waals surface area contributed by atoms with Gasteiger partial charge < -0.3 is 30.5 Å². The summed E-state index contributed by atoms with van der Waals surface area (Å²) in [5.41, 5.74) is -0.316. The molecule has 1 aliphatic rings. The van der Waals surface area contributed by atoms with Crippen molar-refractivity contribution in [2.24, 2.45) is 5.92 Å². The number of carbonyl (C=O) groups excluding carboxylic acids is 3. The minimum absolute atomic E-state index is 0.0349. The Labute approximate surface area is 265 Å². The Hall–Kier alpha value is -3.56. The largest absolute Gasteiger partial charge is 0.478 e. The molecule has 45 heavy (non-hydrogen) atoms. The van der Waals surface area contributed by atoms with Crippen LogP contribution in [0.25, 0.3) is 0 Å². The second kappa shape index (κ2) is 16.1. The van der Waals surface area contributed by atoms with E-state index in [0.717, 1.165) is 14.9 Å². The molecule has 0 aliphatic carbocycles. The Morgan fingerprint density at radius 3 is 2.27 bits per heavy atom. The van der Waals surface area contributed by atoms with Crippen molar-refractivity contribution < 1.29 is 51.7 Å². The lowest BCUT2D eigenvalue weighted by molar-refractivity contribution is -0.147. The molecule has 0 spiro atoms. The molecule has 0 aromatic heterocycles. The van der Waals surface area contributed by atoms with E-state index in [1.807, 2.05) is 24.3 Å². The summed E-state index contributed by atoms with van der Waals surface area (Å²) < 4.78 is 62.1. The van der Waals surface area contributed by atoms with Crippen molar-refractivity contribution >= 4 is 39.6 Å². The molecule has 2 aromatic carbocycles. The average molecular weight is 705 g/mol. The smallest absolute Gasteiger partial charge is 0.335 e. The molecule has 1 saturated heterocycles. The van der Waals surface area contributed by atoms with Gasteiger partial charge in [-0.1, -0.05) is 41.9 Å². The molecule has 3 amide bonds. The number of aliphatic hydroxyl groups excluding tert-OH is 1. The van der Waals surface area contributed by atoms with Crippen LogP contribution in [0.5, 0.6) is 0 Å². The van der Waals surface area contributed by atoms with Crippen LogP contribution in [-0.2, 0) is 32.1 Å². The molecule has 4 atom stereocenters. The fraction of sp³-hybridized carbons (Fsp3) is 0.467. The second-order valence-electron chi connectivity index (χ2n) is 10.9. The van der Waals surface area contributed by atoms with Crippen LogP contribution >= 0.6 is 15.9 Å². The number of hydrogen-bond acceptors (Lipinski definition) is 6. The van der Waals surface area contributed by atoms with Gasteiger partial charge in [-0.2, -0.15) is 0 Å². The van der Waals surface area contributed by atoms with Gasteiger partial charge >= 0.3 is 5.97 Å². The summed E-state index contributed by atoms with van der Waals surface area (Å²) >= 11 is 3.34. The maximum Gasteiger partial charge on any atom is 0.335 e. The summed E-state index contributed by atoms with van der Waals surface area (Å²) in [5.74, 6) is -7.09. The van der Waals surface area contributed by atoms with Gasteiger partial charge in [-0.15, -0.1) is 0 Å². The Kier molecular flexibility index (Phi) is 12.9. The van der Waals surface area contributed by atoms with Crippen LogP contribution in [0.2, 0.25) is 0 Å². The number of amides is 3. The number of hydrogen-bond donors (Lipinski definition) is 4. The number of benzene rings is 2. The highest BCUT2D eigenvalue weighted by Crippen LogP contribution is 2.25. The van der Waals surface area contributed by atoms with Gasteiger partial charge in [-0.05, 0) is 42.2 Å². The first-order valence-corrected chi connectivity index (χ1v) is 14.9. The van der Waals surface area contributed by atoms with Crippen molar-refractivity contribution in [2.45, 2.75) is 70.4 Å². The molecular weight excluding hydrogens is 670 g/mol. The predicted molar refractivity (Wildman–Crippen MR) is 156 cm³/mol. The molecule has 246 valence electrons. The number of aliphatic hydroxyl groups is 1. The van der Waals surface area contributed by atoms with E-state index in [0.29, 0.717) is 12.1 Å². The third-order valence-electron chi connectivity index (χ3n) is 7.24. The Bertz CT molecular complexity index is 1360. The fourth-order valence-electron chi connectivity index (χ4n) is 4.74. The van der Waals surface area contributed by atoms with Crippen LogP contribution in [0.1, 0.15) is 48.2 Å². The van der Waals surface area contributed by atoms with Crippen LogP contribution in [0.15, 0.2) is 40.9 Å². The number of halogens is 5. The second-order valence-corrected chi connectivity index (χ2v) is 11.9. The molecule has 1 heterocycles. The highest BCUT2D eigenvalue weighted by Gasteiger charge is 2.43. The maximum atomic E-state index is 14.2. The molecular formula is C30H34BrF4N3O7. The summed E-state index contributed by atoms with van der Waals surface area (Å²) in [4.78, 5) is 51.4. The molecule has 3 rings (SSSR count). The lowest BCUT2D eigenvalue weighted by Crippen LogP contribution is -2.55. The molecule has 2 aromatic rings. The van der Waals surface area contributed by atoms with Crippen molar-refractivity contribution in [2.75, 3.05) is 13.1 Å². The topological polar surface area (TPSA) is 145 Å². The van der Waals surface area contributed by atoms with E-state index in [1.165, 1.54) is 0 Å². The van der Waals surface area contributed by atoms with E-state index in [9.17, 15) is 41.8 Å². The zero-order valence-corrected chi connectivity index (χ0v) is 26.0. The van der Waals surface area contributed by atoms with Gasteiger partial charge in [0.25, 0.3) is 5.91 Å². The van der Waals surface area contributed by atoms with Gasteiger partial charge in [-0.25, -0.2) is 22.4 Å². The molecule has 15 heteroatoms. The van der Waals surface area contributed by atoms with Crippen molar-refractivity contribution in [3.05, 3.63) is 69.2 Å². The Morgan fingerprint density at radius 2 is 1.71 bits per heavy atom. The number of rotatable bonds is 14. The van der Waals surface area contributed by atoms with Crippen molar-refractivity contribution in [3.63, 3.8) is 0 Å². The first kappa shape index (κ1) is 35.9. The van der Waals surface area contributed by atoms with Crippen LogP contribution in [-0.4, -0.2) is 82.6 Å². The molecule has 1 unspecified atom stereocenters. The van der Waals surface area contributed by atoms with E-state index >= 15 is 0 Å². The van der Waals surface area contributed by atoms with Gasteiger partial charge in [-0.3, -0.25) is 14.4 Å². The summed E-state index contributed by atoms with van der Waals surface area (Å²) in [5, 5.41) is 23.9. The van der Waals surface area contributed by atoms with Gasteiger partial charge in [0, 0.05) is 36.0 Å². The number of carbonyl (C=O) groups is 4. The molecule has 1 fully saturated rings. The van der Waals surface area contributed by atoms with Crippen molar-refractivity contribution in [1.82, 2.24) is 15.5 Å². The number of nitrogens with zero attached hydrogens (tertiary/aromatic N) is 1. The SMILES string of the molecule is CC(C)[C@H](O)C(=O)N1C[C@H](OCc2ccc(Br)cc2)CC1C(=O)N[C@@H](CC(F)F)C(=O)NCCc1c(F)cc(C(=O)O)cc1F. The van der Waals surface area contributed by atoms with Gasteiger partial charge in [0.15, 0.2) is 0 Å². The minimum atomic E-state index is -3.02. The third-order valence-corrected chi connectivity index (χ3v) is 7.77. The Morgan fingerprint density at radius 1 is 1.09 bits per heavy atom. The monoisotopic (exact) mass is 703 g/mol. The number of nitrogens with one attached hydrogen (secondary N) is 2. The number of carboxylic acids is 1. The minimum Gasteiger partial charge on any atom is -0.478 e. The molecule has 0 bridgehead atoms. The summed E-state index contributed by atoms with van der Waals surface area (Å²) in [6.07, 6.45) is -6.68. The molecule has 0 saturated carbocycles. The van der Waals surface area contributed by atoms with E-state index in [4.69, 9.17) is 9.84 Å². The summed E-state index contributed by atoms with van der Waals surface area (Å²) in [7, 11) is 0. The van der Waals surface area contributed by atoms with Crippen molar-refractivity contribution in [1.29, 1.82) is 0 Å². The van der Waals surface area contributed by atoms with Crippen molar-refractivity contribution in [3.8, 4) is 0 Å². The normalized spacial score (nSPS) is 17.8. The van der Waals surface area contributed by atoms with Crippen LogP contribution in [0.4, 0.5) is 17.6 Å². The van der Waals surface area contributed by atoms with Crippen LogP contribution in [0.3, 0.4) is 0 Å². The number of carboxylic acid groups (broad SMARTS) is 1. The standard InChI is InChI=1S/C30H34BrF4N3O7/c1-15(2)26(39)29(42)38-13-19(45-14-16-3-5-18(31)6-4-16)11-24(38)28(41)37-23(12-25(34)35)27(40)36-8-7-20-21(32)9-17(30(43)44)10-22(20)33/h3-6,9-10,15,19,23-26,39H,7-8,11-14H2,1-2H3,(H,36,40)(H,37,41)(H,43,44)/t19-,23+,24?,26+/m1/s1. The lowest BCUT2D eigenvalue weighted by atomic mass is 10.1. The highest BCUT2D eigenvalue weighted by molar-refractivity contribution is 9.10. The van der Waals surface area contributed by atoms with E-state index in [-0.39, 0.29) is 19.6 Å². The first-order chi connectivity index (χ1) is 21.2. The van der Waals surface area contributed by atoms with Gasteiger partial charge in [0.05, 0.1) is 18.3 Å². The molecule has 10 nitrogen and oxygen atoms in total. The van der Waals surface area contributed by atoms with E-state index in [1.54, 1.807) is 13.8 Å². The molecule has 4 N–H and O–H groups in total. The van der Waals surface area contributed by atoms with Crippen LogP contribution in [0, 0.1) is 17.6 Å². The highest BCUT2D eigenvalue weighted by atomic mass is 79.9. The Balaban J connectivity index is 1.70. The predicted octanol–water partition coefficient (Wildman–Crippen LogP) is 3.43. The summed E-state index contributed by atoms with van der Waals surface area (Å²) in [6, 6.07) is 5.47. The van der Waals surface area contributed by atoms with E-state index < -0.39 is 102 Å². The van der Waals surface area contributed by atoms with Gasteiger partial charge in [0.2, 0.25) is 18.2 Å².